The molecule has 0 saturated heterocycles. The molecule has 154 valence electrons. The lowest BCUT2D eigenvalue weighted by Crippen LogP contribution is -2.45. The zero-order valence-corrected chi connectivity index (χ0v) is 16.7. The summed E-state index contributed by atoms with van der Waals surface area (Å²) in [6.07, 6.45) is 0.940. The molecule has 1 atom stereocenters. The number of aryl methyl sites for hydroxylation is 1. The minimum atomic E-state index is -3.92. The summed E-state index contributed by atoms with van der Waals surface area (Å²) >= 11 is 0. The summed E-state index contributed by atoms with van der Waals surface area (Å²) in [6, 6.07) is 7.47. The maximum atomic E-state index is 12.8. The molecule has 0 bridgehead atoms. The third-order valence-electron chi connectivity index (χ3n) is 4.37. The summed E-state index contributed by atoms with van der Waals surface area (Å²) < 4.78 is 36.3. The molecule has 0 saturated carbocycles. The van der Waals surface area contributed by atoms with Crippen LogP contribution in [-0.2, 0) is 14.8 Å². The van der Waals surface area contributed by atoms with E-state index in [1.165, 1.54) is 19.1 Å². The highest BCUT2D eigenvalue weighted by atomic mass is 32.2. The molecule has 0 fully saturated rings. The van der Waals surface area contributed by atoms with E-state index in [9.17, 15) is 23.3 Å². The Morgan fingerprint density at radius 2 is 1.90 bits per heavy atom. The first kappa shape index (κ1) is 20.4. The number of hydrogen-bond donors (Lipinski definition) is 1. The number of ether oxygens (including phenoxy) is 2. The quantitative estimate of drug-likeness (QED) is 0.560. The van der Waals surface area contributed by atoms with Crippen LogP contribution in [0.4, 0.5) is 17.1 Å². The number of hydrogen-bond acceptors (Lipinski definition) is 7. The Hall–Kier alpha value is -3.34. The maximum absolute atomic E-state index is 12.8. The van der Waals surface area contributed by atoms with Crippen LogP contribution in [0.2, 0.25) is 0 Å². The molecular formula is C18H19N3O7S. The summed E-state index contributed by atoms with van der Waals surface area (Å²) in [5.74, 6) is 0.395. The van der Waals surface area contributed by atoms with Crippen molar-refractivity contribution >= 4 is 33.0 Å². The number of anilines is 2. The van der Waals surface area contributed by atoms with Gasteiger partial charge in [0.1, 0.15) is 6.04 Å². The highest BCUT2D eigenvalue weighted by Crippen LogP contribution is 2.34. The van der Waals surface area contributed by atoms with Crippen LogP contribution in [0, 0.1) is 17.0 Å². The number of benzene rings is 2. The molecule has 11 heteroatoms. The van der Waals surface area contributed by atoms with Crippen molar-refractivity contribution in [2.24, 2.45) is 0 Å². The number of nitrogens with one attached hydrogen (secondary N) is 1. The van der Waals surface area contributed by atoms with E-state index in [0.717, 1.165) is 16.6 Å². The number of fused-ring (bicyclic) bond motifs is 1. The summed E-state index contributed by atoms with van der Waals surface area (Å²) in [5.41, 5.74) is 0.664. The van der Waals surface area contributed by atoms with Gasteiger partial charge in [0.05, 0.1) is 16.9 Å². The van der Waals surface area contributed by atoms with Gasteiger partial charge in [-0.1, -0.05) is 6.07 Å². The zero-order valence-electron chi connectivity index (χ0n) is 15.9. The molecule has 29 heavy (non-hydrogen) atoms. The molecule has 0 unspecified atom stereocenters. The van der Waals surface area contributed by atoms with Crippen molar-refractivity contribution in [1.82, 2.24) is 0 Å². The predicted octanol–water partition coefficient (Wildman–Crippen LogP) is 2.43. The van der Waals surface area contributed by atoms with E-state index in [-0.39, 0.29) is 18.2 Å². The van der Waals surface area contributed by atoms with Gasteiger partial charge in [0.25, 0.3) is 5.69 Å². The van der Waals surface area contributed by atoms with E-state index in [1.807, 2.05) is 0 Å². The van der Waals surface area contributed by atoms with E-state index >= 15 is 0 Å². The number of nitrogens with zero attached hydrogens (tertiary/aromatic N) is 2. The second-order valence-corrected chi connectivity index (χ2v) is 8.38. The lowest BCUT2D eigenvalue weighted by molar-refractivity contribution is -0.384. The van der Waals surface area contributed by atoms with E-state index in [0.29, 0.717) is 22.7 Å². The van der Waals surface area contributed by atoms with Crippen molar-refractivity contribution in [1.29, 1.82) is 0 Å². The summed E-state index contributed by atoms with van der Waals surface area (Å²) in [5, 5.41) is 13.7. The number of rotatable bonds is 6. The molecule has 0 aliphatic carbocycles. The Kier molecular flexibility index (Phi) is 5.33. The average molecular weight is 421 g/mol. The van der Waals surface area contributed by atoms with E-state index in [2.05, 4.69) is 5.32 Å². The van der Waals surface area contributed by atoms with Gasteiger partial charge in [-0.2, -0.15) is 0 Å². The number of nitro benzene ring substituents is 1. The van der Waals surface area contributed by atoms with Gasteiger partial charge in [-0.05, 0) is 31.5 Å². The second-order valence-electron chi connectivity index (χ2n) is 6.52. The van der Waals surface area contributed by atoms with Crippen LogP contribution < -0.4 is 19.1 Å². The van der Waals surface area contributed by atoms with Gasteiger partial charge >= 0.3 is 0 Å². The maximum Gasteiger partial charge on any atom is 0.271 e. The Balaban J connectivity index is 1.92. The third-order valence-corrected chi connectivity index (χ3v) is 5.60. The van der Waals surface area contributed by atoms with Crippen LogP contribution in [0.3, 0.4) is 0 Å². The van der Waals surface area contributed by atoms with E-state index in [4.69, 9.17) is 9.47 Å². The van der Waals surface area contributed by atoms with E-state index in [1.54, 1.807) is 25.1 Å². The third kappa shape index (κ3) is 4.24. The van der Waals surface area contributed by atoms with Crippen LogP contribution in [0.1, 0.15) is 12.5 Å². The van der Waals surface area contributed by atoms with Gasteiger partial charge in [-0.15, -0.1) is 0 Å². The standard InChI is InChI=1S/C18H19N3O7S/c1-11-4-6-14(21(23)24)9-15(11)20(29(3,25)26)12(2)18(22)19-13-5-7-16-17(8-13)28-10-27-16/h4-9,12H,10H2,1-3H3,(H,19,22)/t12-/m0/s1. The predicted molar refractivity (Wildman–Crippen MR) is 106 cm³/mol. The molecule has 1 aliphatic rings. The Bertz CT molecular complexity index is 1080. The fourth-order valence-corrected chi connectivity index (χ4v) is 4.17. The molecule has 0 radical (unpaired) electrons. The van der Waals surface area contributed by atoms with Crippen molar-refractivity contribution in [3.05, 3.63) is 52.1 Å². The molecule has 1 heterocycles. The van der Waals surface area contributed by atoms with Crippen LogP contribution in [-0.4, -0.2) is 38.3 Å². The van der Waals surface area contributed by atoms with Crippen LogP contribution in [0.25, 0.3) is 0 Å². The van der Waals surface area contributed by atoms with Gasteiger partial charge < -0.3 is 14.8 Å². The number of nitro groups is 1. The molecule has 0 spiro atoms. The van der Waals surface area contributed by atoms with Crippen LogP contribution >= 0.6 is 0 Å². The normalized spacial score (nSPS) is 13.6. The topological polar surface area (TPSA) is 128 Å². The zero-order chi connectivity index (χ0) is 21.3. The molecule has 1 aliphatic heterocycles. The van der Waals surface area contributed by atoms with Crippen molar-refractivity contribution in [3.63, 3.8) is 0 Å². The highest BCUT2D eigenvalue weighted by molar-refractivity contribution is 7.92. The van der Waals surface area contributed by atoms with Gasteiger partial charge in [0.15, 0.2) is 11.5 Å². The number of non-ortho nitro benzene ring substituents is 1. The second kappa shape index (κ2) is 7.59. The Morgan fingerprint density at radius 3 is 2.55 bits per heavy atom. The van der Waals surface area contributed by atoms with Gasteiger partial charge in [0.2, 0.25) is 22.7 Å². The first-order valence-corrected chi connectivity index (χ1v) is 10.4. The first-order chi connectivity index (χ1) is 13.6. The number of carbonyl (C=O) groups is 1. The monoisotopic (exact) mass is 421 g/mol. The molecule has 1 amide bonds. The molecule has 2 aromatic rings. The van der Waals surface area contributed by atoms with Crippen LogP contribution in [0.15, 0.2) is 36.4 Å². The molecule has 10 nitrogen and oxygen atoms in total. The Morgan fingerprint density at radius 1 is 1.21 bits per heavy atom. The molecule has 1 N–H and O–H groups in total. The molecule has 2 aromatic carbocycles. The highest BCUT2D eigenvalue weighted by Gasteiger charge is 2.31. The van der Waals surface area contributed by atoms with Gasteiger partial charge in [-0.25, -0.2) is 8.42 Å². The molecule has 3 rings (SSSR count). The fourth-order valence-electron chi connectivity index (χ4n) is 2.95. The fraction of sp³-hybridized carbons (Fsp3) is 0.278. The number of carbonyl (C=O) groups excluding carboxylic acids is 1. The summed E-state index contributed by atoms with van der Waals surface area (Å²) in [7, 11) is -3.92. The summed E-state index contributed by atoms with van der Waals surface area (Å²) in [4.78, 5) is 23.3. The minimum Gasteiger partial charge on any atom is -0.454 e. The lowest BCUT2D eigenvalue weighted by Gasteiger charge is -2.29. The largest absolute Gasteiger partial charge is 0.454 e. The van der Waals surface area contributed by atoms with Crippen molar-refractivity contribution in [2.75, 3.05) is 22.7 Å². The minimum absolute atomic E-state index is 0.0648. The Labute approximate surface area is 167 Å². The van der Waals surface area contributed by atoms with E-state index < -0.39 is 26.9 Å². The number of amides is 1. The number of sulfonamides is 1. The molecule has 0 aromatic heterocycles. The molecular weight excluding hydrogens is 402 g/mol. The van der Waals surface area contributed by atoms with Crippen molar-refractivity contribution in [3.8, 4) is 11.5 Å². The first-order valence-electron chi connectivity index (χ1n) is 8.53. The van der Waals surface area contributed by atoms with Crippen LogP contribution in [0.5, 0.6) is 11.5 Å². The smallest absolute Gasteiger partial charge is 0.271 e. The SMILES string of the molecule is Cc1ccc([N+](=O)[O-])cc1N([C@@H](C)C(=O)Nc1ccc2c(c1)OCO2)S(C)(=O)=O. The van der Waals surface area contributed by atoms with Crippen molar-refractivity contribution in [2.45, 2.75) is 19.9 Å². The van der Waals surface area contributed by atoms with Gasteiger partial charge in [-0.3, -0.25) is 19.2 Å². The summed E-state index contributed by atoms with van der Waals surface area (Å²) in [6.45, 7) is 3.10. The van der Waals surface area contributed by atoms with Gasteiger partial charge in [0, 0.05) is 23.9 Å². The lowest BCUT2D eigenvalue weighted by atomic mass is 10.1. The van der Waals surface area contributed by atoms with Crippen molar-refractivity contribution < 1.29 is 27.6 Å². The average Bonchev–Trinajstić information content (AvgIpc) is 3.09.